The summed E-state index contributed by atoms with van der Waals surface area (Å²) in [5, 5.41) is 3.06. The topological polar surface area (TPSA) is 71.0 Å². The number of amides is 2. The summed E-state index contributed by atoms with van der Waals surface area (Å²) in [6, 6.07) is 7.64. The monoisotopic (exact) mass is 367 g/mol. The minimum absolute atomic E-state index is 0.0426. The molecule has 0 fully saturated rings. The third-order valence-corrected chi connectivity index (χ3v) is 4.94. The Morgan fingerprint density at radius 2 is 2.15 bits per heavy atom. The largest absolute Gasteiger partial charge is 0.496 e. The summed E-state index contributed by atoms with van der Waals surface area (Å²) >= 11 is 0. The lowest BCUT2D eigenvalue weighted by molar-refractivity contribution is -0.135. The number of amidine groups is 1. The van der Waals surface area contributed by atoms with Crippen LogP contribution in [-0.2, 0) is 16.0 Å². The second-order valence-electron chi connectivity index (χ2n) is 7.28. The number of fused-ring (bicyclic) bond motifs is 1. The van der Waals surface area contributed by atoms with Gasteiger partial charge in [-0.05, 0) is 56.5 Å². The zero-order valence-electron chi connectivity index (χ0n) is 16.2. The van der Waals surface area contributed by atoms with Crippen LogP contribution in [0.2, 0.25) is 0 Å². The summed E-state index contributed by atoms with van der Waals surface area (Å²) in [7, 11) is 1.63. The molecule has 1 N–H and O–H groups in total. The molecule has 1 aromatic carbocycles. The number of para-hydroxylation sites is 1. The number of nitrogens with one attached hydrogen (secondary N) is 1. The lowest BCUT2D eigenvalue weighted by atomic mass is 9.90. The van der Waals surface area contributed by atoms with E-state index in [1.807, 2.05) is 56.5 Å². The molecule has 0 aromatic heterocycles. The number of carbonyl (C=O) groups is 2. The zero-order chi connectivity index (χ0) is 19.6. The second kappa shape index (κ2) is 7.39. The highest BCUT2D eigenvalue weighted by molar-refractivity contribution is 6.09. The normalized spacial score (nSPS) is 22.5. The number of allylic oxidation sites excluding steroid dienone is 2. The Morgan fingerprint density at radius 3 is 2.89 bits per heavy atom. The molecule has 0 radical (unpaired) electrons. The fraction of sp³-hybridized carbons (Fsp3) is 0.381. The van der Waals surface area contributed by atoms with E-state index in [4.69, 9.17) is 4.74 Å². The maximum Gasteiger partial charge on any atom is 0.250 e. The van der Waals surface area contributed by atoms with Crippen LogP contribution >= 0.6 is 0 Å². The molecule has 2 atom stereocenters. The first kappa shape index (κ1) is 18.9. The van der Waals surface area contributed by atoms with Crippen molar-refractivity contribution < 1.29 is 14.3 Å². The Morgan fingerprint density at radius 1 is 1.41 bits per heavy atom. The summed E-state index contributed by atoms with van der Waals surface area (Å²) in [4.78, 5) is 31.1. The van der Waals surface area contributed by atoms with Gasteiger partial charge in [0, 0.05) is 12.2 Å². The van der Waals surface area contributed by atoms with Gasteiger partial charge in [-0.3, -0.25) is 9.59 Å². The third-order valence-electron chi connectivity index (χ3n) is 4.94. The van der Waals surface area contributed by atoms with Crippen LogP contribution in [0.3, 0.4) is 0 Å². The molecule has 6 heteroatoms. The van der Waals surface area contributed by atoms with Crippen LogP contribution in [0.25, 0.3) is 0 Å². The Balaban J connectivity index is 1.76. The molecule has 1 aromatic rings. The fourth-order valence-electron chi connectivity index (χ4n) is 3.46. The maximum atomic E-state index is 13.1. The Bertz CT molecular complexity index is 856. The van der Waals surface area contributed by atoms with Crippen molar-refractivity contribution in [2.24, 2.45) is 4.99 Å². The molecule has 6 nitrogen and oxygen atoms in total. The molecular weight excluding hydrogens is 342 g/mol. The van der Waals surface area contributed by atoms with E-state index in [-0.39, 0.29) is 24.3 Å². The number of aliphatic imine (C=N–C) groups is 1. The SMILES string of the molecule is COc1ccccc1C[C@H](C)NC(=O)[C@@]1(C)CC(=O)N=C2C=C(C)C=CN21. The summed E-state index contributed by atoms with van der Waals surface area (Å²) < 4.78 is 5.39. The predicted octanol–water partition coefficient (Wildman–Crippen LogP) is 2.61. The molecule has 0 bridgehead atoms. The van der Waals surface area contributed by atoms with Gasteiger partial charge in [-0.1, -0.05) is 18.2 Å². The van der Waals surface area contributed by atoms with Gasteiger partial charge in [0.1, 0.15) is 17.1 Å². The first-order valence-electron chi connectivity index (χ1n) is 9.03. The highest BCUT2D eigenvalue weighted by Gasteiger charge is 2.45. The van der Waals surface area contributed by atoms with Gasteiger partial charge in [0.25, 0.3) is 5.91 Å². The smallest absolute Gasteiger partial charge is 0.250 e. The first-order chi connectivity index (χ1) is 12.8. The molecule has 142 valence electrons. The van der Waals surface area contributed by atoms with Gasteiger partial charge in [0.2, 0.25) is 5.91 Å². The molecule has 27 heavy (non-hydrogen) atoms. The predicted molar refractivity (Wildman–Crippen MR) is 105 cm³/mol. The minimum atomic E-state index is -1.00. The van der Waals surface area contributed by atoms with Crippen molar-refractivity contribution >= 4 is 17.6 Å². The molecule has 2 heterocycles. The number of hydrogen-bond donors (Lipinski definition) is 1. The molecule has 0 unspecified atom stereocenters. The maximum absolute atomic E-state index is 13.1. The highest BCUT2D eigenvalue weighted by Crippen LogP contribution is 2.29. The van der Waals surface area contributed by atoms with Crippen LogP contribution in [0.1, 0.15) is 32.8 Å². The molecule has 0 aliphatic carbocycles. The van der Waals surface area contributed by atoms with Crippen molar-refractivity contribution in [3.63, 3.8) is 0 Å². The molecule has 0 saturated carbocycles. The van der Waals surface area contributed by atoms with Gasteiger partial charge < -0.3 is 15.0 Å². The van der Waals surface area contributed by atoms with Crippen LogP contribution in [-0.4, -0.2) is 41.2 Å². The molecule has 3 rings (SSSR count). The molecule has 2 amide bonds. The number of rotatable bonds is 5. The van der Waals surface area contributed by atoms with Gasteiger partial charge in [-0.25, -0.2) is 0 Å². The third kappa shape index (κ3) is 3.79. The second-order valence-corrected chi connectivity index (χ2v) is 7.28. The van der Waals surface area contributed by atoms with Gasteiger partial charge in [0.15, 0.2) is 0 Å². The number of hydrogen-bond acceptors (Lipinski definition) is 4. The van der Waals surface area contributed by atoms with Gasteiger partial charge in [-0.2, -0.15) is 4.99 Å². The van der Waals surface area contributed by atoms with Crippen molar-refractivity contribution in [2.45, 2.75) is 45.2 Å². The molecule has 2 aliphatic rings. The summed E-state index contributed by atoms with van der Waals surface area (Å²) in [5.41, 5.74) is 1.01. The molecular formula is C21H25N3O3. The summed E-state index contributed by atoms with van der Waals surface area (Å²) in [6.07, 6.45) is 6.24. The van der Waals surface area contributed by atoms with Crippen molar-refractivity contribution in [3.05, 3.63) is 53.8 Å². The lowest BCUT2D eigenvalue weighted by Crippen LogP contribution is -2.61. The van der Waals surface area contributed by atoms with Gasteiger partial charge in [0.05, 0.1) is 13.5 Å². The van der Waals surface area contributed by atoms with E-state index in [9.17, 15) is 9.59 Å². The Kier molecular flexibility index (Phi) is 5.17. The lowest BCUT2D eigenvalue weighted by Gasteiger charge is -2.42. The number of benzene rings is 1. The average molecular weight is 367 g/mol. The number of nitrogens with zero attached hydrogens (tertiary/aromatic N) is 2. The van der Waals surface area contributed by atoms with Crippen molar-refractivity contribution in [2.75, 3.05) is 7.11 Å². The fourth-order valence-corrected chi connectivity index (χ4v) is 3.46. The summed E-state index contributed by atoms with van der Waals surface area (Å²) in [6.45, 7) is 5.66. The Hall–Kier alpha value is -2.89. The van der Waals surface area contributed by atoms with Crippen molar-refractivity contribution in [3.8, 4) is 5.75 Å². The quantitative estimate of drug-likeness (QED) is 0.868. The van der Waals surface area contributed by atoms with Crippen molar-refractivity contribution in [1.82, 2.24) is 10.2 Å². The highest BCUT2D eigenvalue weighted by atomic mass is 16.5. The first-order valence-corrected chi connectivity index (χ1v) is 9.03. The Labute approximate surface area is 159 Å². The average Bonchev–Trinajstić information content (AvgIpc) is 2.61. The number of methoxy groups -OCH3 is 1. The minimum Gasteiger partial charge on any atom is -0.496 e. The van der Waals surface area contributed by atoms with E-state index in [1.165, 1.54) is 0 Å². The number of carbonyl (C=O) groups excluding carboxylic acids is 2. The molecule has 0 saturated heterocycles. The van der Waals surface area contributed by atoms with E-state index in [0.29, 0.717) is 12.3 Å². The van der Waals surface area contributed by atoms with Crippen LogP contribution in [0.4, 0.5) is 0 Å². The van der Waals surface area contributed by atoms with E-state index in [0.717, 1.165) is 16.9 Å². The standard InChI is InChI=1S/C21H25N3O3/c1-14-9-10-24-18(11-14)23-19(25)13-21(24,3)20(26)22-15(2)12-16-7-5-6-8-17(16)27-4/h5-11,15H,12-13H2,1-4H3,(H,22,26)/t15-,21+/m0/s1. The number of ether oxygens (including phenoxy) is 1. The van der Waals surface area contributed by atoms with Crippen molar-refractivity contribution in [1.29, 1.82) is 0 Å². The molecule has 0 spiro atoms. The van der Waals surface area contributed by atoms with Crippen LogP contribution in [0.15, 0.2) is 53.2 Å². The zero-order valence-corrected chi connectivity index (χ0v) is 16.2. The van der Waals surface area contributed by atoms with Crippen LogP contribution in [0.5, 0.6) is 5.75 Å². The van der Waals surface area contributed by atoms with E-state index in [2.05, 4.69) is 10.3 Å². The summed E-state index contributed by atoms with van der Waals surface area (Å²) in [5.74, 6) is 0.840. The van der Waals surface area contributed by atoms with Gasteiger partial charge >= 0.3 is 0 Å². The van der Waals surface area contributed by atoms with E-state index < -0.39 is 5.54 Å². The van der Waals surface area contributed by atoms with Crippen LogP contribution < -0.4 is 10.1 Å². The van der Waals surface area contributed by atoms with Gasteiger partial charge in [-0.15, -0.1) is 0 Å². The molecule has 2 aliphatic heterocycles. The van der Waals surface area contributed by atoms with E-state index in [1.54, 1.807) is 18.9 Å². The van der Waals surface area contributed by atoms with E-state index >= 15 is 0 Å². The van der Waals surface area contributed by atoms with Crippen LogP contribution in [0, 0.1) is 0 Å².